The normalized spacial score (nSPS) is 12.6. The number of thiophene rings is 1. The lowest BCUT2D eigenvalue weighted by molar-refractivity contribution is 0.242. The highest BCUT2D eigenvalue weighted by atomic mass is 79.9. The van der Waals surface area contributed by atoms with Gasteiger partial charge in [-0.3, -0.25) is 0 Å². The molecule has 1 aromatic heterocycles. The first-order valence-corrected chi connectivity index (χ1v) is 8.90. The lowest BCUT2D eigenvalue weighted by Gasteiger charge is -2.15. The predicted molar refractivity (Wildman–Crippen MR) is 94.3 cm³/mol. The largest absolute Gasteiger partial charge is 0.491 e. The monoisotopic (exact) mass is 367 g/mol. The molecule has 0 saturated heterocycles. The molecule has 1 atom stereocenters. The fourth-order valence-corrected chi connectivity index (χ4v) is 3.61. The minimum absolute atomic E-state index is 0.219. The third-order valence-corrected chi connectivity index (χ3v) is 4.89. The second kappa shape index (κ2) is 7.97. The average molecular weight is 368 g/mol. The number of benzene rings is 1. The molecule has 2 rings (SSSR count). The Morgan fingerprint density at radius 1 is 1.10 bits per heavy atom. The van der Waals surface area contributed by atoms with E-state index in [1.165, 1.54) is 14.2 Å². The van der Waals surface area contributed by atoms with Gasteiger partial charge in [-0.1, -0.05) is 12.1 Å². The zero-order chi connectivity index (χ0) is 15.2. The van der Waals surface area contributed by atoms with Crippen molar-refractivity contribution < 1.29 is 4.74 Å². The molecule has 4 heteroatoms. The Labute approximate surface area is 139 Å². The van der Waals surface area contributed by atoms with Crippen molar-refractivity contribution in [3.8, 4) is 5.75 Å². The SMILES string of the molecule is CC(C)Oc1ccc(C(C)NCCc2ccc(Br)s2)cc1. The first-order valence-electron chi connectivity index (χ1n) is 7.29. The lowest BCUT2D eigenvalue weighted by Crippen LogP contribution is -2.21. The zero-order valence-corrected chi connectivity index (χ0v) is 15.1. The highest BCUT2D eigenvalue weighted by Gasteiger charge is 2.06. The second-order valence-corrected chi connectivity index (χ2v) is 7.91. The van der Waals surface area contributed by atoms with E-state index in [1.807, 2.05) is 26.0 Å². The van der Waals surface area contributed by atoms with Crippen molar-refractivity contribution in [2.24, 2.45) is 0 Å². The van der Waals surface area contributed by atoms with Crippen molar-refractivity contribution in [2.75, 3.05) is 6.54 Å². The van der Waals surface area contributed by atoms with Crippen molar-refractivity contribution in [1.82, 2.24) is 5.32 Å². The lowest BCUT2D eigenvalue weighted by atomic mass is 10.1. The van der Waals surface area contributed by atoms with E-state index in [2.05, 4.69) is 52.4 Å². The average Bonchev–Trinajstić information content (AvgIpc) is 2.84. The van der Waals surface area contributed by atoms with Crippen molar-refractivity contribution >= 4 is 27.3 Å². The van der Waals surface area contributed by atoms with Crippen LogP contribution in [0.2, 0.25) is 0 Å². The molecule has 0 fully saturated rings. The zero-order valence-electron chi connectivity index (χ0n) is 12.7. The Morgan fingerprint density at radius 3 is 2.38 bits per heavy atom. The maximum atomic E-state index is 5.67. The maximum absolute atomic E-state index is 5.67. The van der Waals surface area contributed by atoms with Gasteiger partial charge in [-0.05, 0) is 73.0 Å². The topological polar surface area (TPSA) is 21.3 Å². The van der Waals surface area contributed by atoms with E-state index in [0.29, 0.717) is 6.04 Å². The van der Waals surface area contributed by atoms with Gasteiger partial charge in [0.25, 0.3) is 0 Å². The Morgan fingerprint density at radius 2 is 1.81 bits per heavy atom. The smallest absolute Gasteiger partial charge is 0.119 e. The second-order valence-electron chi connectivity index (χ2n) is 5.37. The summed E-state index contributed by atoms with van der Waals surface area (Å²) < 4.78 is 6.87. The summed E-state index contributed by atoms with van der Waals surface area (Å²) in [6.45, 7) is 7.27. The quantitative estimate of drug-likeness (QED) is 0.726. The van der Waals surface area contributed by atoms with Crippen molar-refractivity contribution in [1.29, 1.82) is 0 Å². The first kappa shape index (κ1) is 16.5. The molecular weight excluding hydrogens is 346 g/mol. The summed E-state index contributed by atoms with van der Waals surface area (Å²) in [5.41, 5.74) is 1.29. The van der Waals surface area contributed by atoms with Crippen LogP contribution in [0.25, 0.3) is 0 Å². The van der Waals surface area contributed by atoms with Crippen LogP contribution in [-0.4, -0.2) is 12.6 Å². The third kappa shape index (κ3) is 5.46. The van der Waals surface area contributed by atoms with E-state index in [4.69, 9.17) is 4.74 Å². The van der Waals surface area contributed by atoms with E-state index in [0.717, 1.165) is 18.7 Å². The highest BCUT2D eigenvalue weighted by molar-refractivity contribution is 9.11. The van der Waals surface area contributed by atoms with Crippen molar-refractivity contribution in [3.63, 3.8) is 0 Å². The molecule has 1 N–H and O–H groups in total. The minimum atomic E-state index is 0.219. The van der Waals surface area contributed by atoms with Gasteiger partial charge >= 0.3 is 0 Å². The number of nitrogens with one attached hydrogen (secondary N) is 1. The third-order valence-electron chi connectivity index (χ3n) is 3.20. The van der Waals surface area contributed by atoms with Gasteiger partial charge in [-0.25, -0.2) is 0 Å². The van der Waals surface area contributed by atoms with E-state index < -0.39 is 0 Å². The number of ether oxygens (including phenoxy) is 1. The van der Waals surface area contributed by atoms with Crippen molar-refractivity contribution in [2.45, 2.75) is 39.3 Å². The summed E-state index contributed by atoms with van der Waals surface area (Å²) in [6, 6.07) is 13.0. The number of hydrogen-bond acceptors (Lipinski definition) is 3. The molecular formula is C17H22BrNOS. The van der Waals surface area contributed by atoms with E-state index in [-0.39, 0.29) is 6.10 Å². The van der Waals surface area contributed by atoms with E-state index in [9.17, 15) is 0 Å². The van der Waals surface area contributed by atoms with Crippen LogP contribution in [0.5, 0.6) is 5.75 Å². The summed E-state index contributed by atoms with van der Waals surface area (Å²) in [4.78, 5) is 1.40. The molecule has 0 spiro atoms. The predicted octanol–water partition coefficient (Wildman–Crippen LogP) is 5.19. The molecule has 1 heterocycles. The molecule has 1 unspecified atom stereocenters. The molecule has 0 saturated carbocycles. The Bertz CT molecular complexity index is 550. The number of hydrogen-bond donors (Lipinski definition) is 1. The van der Waals surface area contributed by atoms with Gasteiger partial charge in [-0.2, -0.15) is 0 Å². The molecule has 1 aromatic carbocycles. The Hall–Kier alpha value is -0.840. The van der Waals surface area contributed by atoms with Crippen LogP contribution in [0.1, 0.15) is 37.3 Å². The number of halogens is 1. The van der Waals surface area contributed by atoms with Gasteiger partial charge in [0, 0.05) is 17.5 Å². The van der Waals surface area contributed by atoms with Gasteiger partial charge in [0.2, 0.25) is 0 Å². The van der Waals surface area contributed by atoms with Gasteiger partial charge in [0.05, 0.1) is 9.89 Å². The standard InChI is InChI=1S/C17H22BrNOS/c1-12(2)20-15-6-4-14(5-7-15)13(3)19-11-10-16-8-9-17(18)21-16/h4-9,12-13,19H,10-11H2,1-3H3. The molecule has 0 amide bonds. The first-order chi connectivity index (χ1) is 10.0. The molecule has 2 nitrogen and oxygen atoms in total. The van der Waals surface area contributed by atoms with Crippen LogP contribution in [0.15, 0.2) is 40.2 Å². The molecule has 21 heavy (non-hydrogen) atoms. The van der Waals surface area contributed by atoms with Crippen LogP contribution in [-0.2, 0) is 6.42 Å². The van der Waals surface area contributed by atoms with Crippen LogP contribution in [0.3, 0.4) is 0 Å². The van der Waals surface area contributed by atoms with Crippen molar-refractivity contribution in [3.05, 3.63) is 50.6 Å². The highest BCUT2D eigenvalue weighted by Crippen LogP contribution is 2.22. The van der Waals surface area contributed by atoms with Crippen LogP contribution in [0.4, 0.5) is 0 Å². The summed E-state index contributed by atoms with van der Waals surface area (Å²) >= 11 is 5.30. The minimum Gasteiger partial charge on any atom is -0.491 e. The molecule has 0 aliphatic carbocycles. The maximum Gasteiger partial charge on any atom is 0.119 e. The van der Waals surface area contributed by atoms with Crippen LogP contribution in [0, 0.1) is 0 Å². The van der Waals surface area contributed by atoms with Crippen LogP contribution < -0.4 is 10.1 Å². The molecule has 0 aliphatic rings. The fourth-order valence-electron chi connectivity index (χ4n) is 2.12. The van der Waals surface area contributed by atoms with E-state index >= 15 is 0 Å². The molecule has 114 valence electrons. The Balaban J connectivity index is 1.81. The summed E-state index contributed by atoms with van der Waals surface area (Å²) in [5.74, 6) is 0.935. The fraction of sp³-hybridized carbons (Fsp3) is 0.412. The molecule has 0 bridgehead atoms. The summed E-state index contributed by atoms with van der Waals surface area (Å²) in [6.07, 6.45) is 1.28. The Kier molecular flexibility index (Phi) is 6.27. The van der Waals surface area contributed by atoms with Gasteiger partial charge in [-0.15, -0.1) is 11.3 Å². The van der Waals surface area contributed by atoms with Gasteiger partial charge in [0.1, 0.15) is 5.75 Å². The molecule has 2 aromatic rings. The summed E-state index contributed by atoms with van der Waals surface area (Å²) in [5, 5.41) is 3.57. The van der Waals surface area contributed by atoms with Crippen LogP contribution >= 0.6 is 27.3 Å². The van der Waals surface area contributed by atoms with Gasteiger partial charge < -0.3 is 10.1 Å². The van der Waals surface area contributed by atoms with Gasteiger partial charge in [0.15, 0.2) is 0 Å². The summed E-state index contributed by atoms with van der Waals surface area (Å²) in [7, 11) is 0. The molecule has 0 radical (unpaired) electrons. The van der Waals surface area contributed by atoms with E-state index in [1.54, 1.807) is 11.3 Å². The number of rotatable bonds is 7. The molecule has 0 aliphatic heterocycles.